The first-order valence-corrected chi connectivity index (χ1v) is 6.47. The fourth-order valence-corrected chi connectivity index (χ4v) is 1.96. The summed E-state index contributed by atoms with van der Waals surface area (Å²) in [6.45, 7) is 2.11. The third-order valence-electron chi connectivity index (χ3n) is 2.88. The second-order valence-electron chi connectivity index (χ2n) is 4.37. The van der Waals surface area contributed by atoms with E-state index in [1.807, 2.05) is 0 Å². The number of nitrogens with zero attached hydrogens (tertiary/aromatic N) is 4. The van der Waals surface area contributed by atoms with Crippen LogP contribution in [0.4, 0.5) is 14.7 Å². The smallest absolute Gasteiger partial charge is 0.247 e. The van der Waals surface area contributed by atoms with Crippen molar-refractivity contribution in [3.8, 4) is 17.1 Å². The molecule has 3 rings (SSSR count). The van der Waals surface area contributed by atoms with Crippen LogP contribution in [0.1, 0.15) is 6.92 Å². The van der Waals surface area contributed by atoms with E-state index in [-0.39, 0.29) is 34.2 Å². The van der Waals surface area contributed by atoms with Gasteiger partial charge in [0.1, 0.15) is 11.6 Å². The summed E-state index contributed by atoms with van der Waals surface area (Å²) in [7, 11) is 0. The number of ether oxygens (including phenoxy) is 1. The lowest BCUT2D eigenvalue weighted by Gasteiger charge is -2.08. The summed E-state index contributed by atoms with van der Waals surface area (Å²) in [5.41, 5.74) is 6.17. The van der Waals surface area contributed by atoms with Gasteiger partial charge in [0.15, 0.2) is 11.2 Å². The predicted molar refractivity (Wildman–Crippen MR) is 76.1 cm³/mol. The van der Waals surface area contributed by atoms with Gasteiger partial charge in [-0.15, -0.1) is 0 Å². The Kier molecular flexibility index (Phi) is 3.50. The van der Waals surface area contributed by atoms with Gasteiger partial charge in [-0.25, -0.2) is 18.7 Å². The van der Waals surface area contributed by atoms with Gasteiger partial charge in [-0.2, -0.15) is 9.97 Å². The molecule has 2 N–H and O–H groups in total. The fourth-order valence-electron chi connectivity index (χ4n) is 1.96. The van der Waals surface area contributed by atoms with E-state index in [4.69, 9.17) is 10.5 Å². The van der Waals surface area contributed by atoms with Gasteiger partial charge in [-0.05, 0) is 25.1 Å². The van der Waals surface area contributed by atoms with Crippen LogP contribution in [-0.2, 0) is 0 Å². The lowest BCUT2D eigenvalue weighted by Crippen LogP contribution is -2.04. The average molecular weight is 303 g/mol. The molecule has 0 unspecified atom stereocenters. The van der Waals surface area contributed by atoms with Crippen LogP contribution >= 0.6 is 0 Å². The molecular formula is C14H11F2N5O. The maximum atomic E-state index is 13.9. The zero-order valence-electron chi connectivity index (χ0n) is 11.5. The normalized spacial score (nSPS) is 10.9. The summed E-state index contributed by atoms with van der Waals surface area (Å²) >= 11 is 0. The first kappa shape index (κ1) is 14.1. The highest BCUT2D eigenvalue weighted by atomic mass is 19.1. The molecule has 0 saturated carbocycles. The molecule has 1 aromatic carbocycles. The van der Waals surface area contributed by atoms with Crippen molar-refractivity contribution in [3.05, 3.63) is 36.0 Å². The van der Waals surface area contributed by atoms with E-state index in [1.54, 1.807) is 6.92 Å². The van der Waals surface area contributed by atoms with Crippen molar-refractivity contribution in [2.75, 3.05) is 12.3 Å². The molecule has 0 aliphatic heterocycles. The van der Waals surface area contributed by atoms with Gasteiger partial charge in [0.25, 0.3) is 0 Å². The summed E-state index contributed by atoms with van der Waals surface area (Å²) in [5.74, 6) is -1.03. The van der Waals surface area contributed by atoms with E-state index in [0.29, 0.717) is 6.61 Å². The molecule has 0 aliphatic carbocycles. The first-order chi connectivity index (χ1) is 10.6. The van der Waals surface area contributed by atoms with Gasteiger partial charge in [-0.3, -0.25) is 0 Å². The number of benzene rings is 1. The third-order valence-corrected chi connectivity index (χ3v) is 2.88. The van der Waals surface area contributed by atoms with Crippen LogP contribution in [0.25, 0.3) is 22.4 Å². The van der Waals surface area contributed by atoms with Crippen LogP contribution in [0, 0.1) is 11.6 Å². The van der Waals surface area contributed by atoms with Gasteiger partial charge in [0.2, 0.25) is 11.8 Å². The number of nitrogens with two attached hydrogens (primary N) is 1. The van der Waals surface area contributed by atoms with Gasteiger partial charge in [0.05, 0.1) is 18.5 Å². The molecule has 8 heteroatoms. The molecular weight excluding hydrogens is 292 g/mol. The molecule has 0 atom stereocenters. The number of anilines is 1. The molecule has 0 radical (unpaired) electrons. The molecule has 2 heterocycles. The fraction of sp³-hybridized carbons (Fsp3) is 0.143. The van der Waals surface area contributed by atoms with E-state index in [9.17, 15) is 8.78 Å². The number of hydrogen-bond acceptors (Lipinski definition) is 6. The molecule has 0 fully saturated rings. The minimum absolute atomic E-state index is 0.00469. The minimum Gasteiger partial charge on any atom is -0.476 e. The monoisotopic (exact) mass is 303 g/mol. The molecule has 0 saturated heterocycles. The van der Waals surface area contributed by atoms with Gasteiger partial charge in [0, 0.05) is 5.56 Å². The maximum absolute atomic E-state index is 13.9. The van der Waals surface area contributed by atoms with Gasteiger partial charge >= 0.3 is 0 Å². The lowest BCUT2D eigenvalue weighted by atomic mass is 10.1. The van der Waals surface area contributed by atoms with E-state index in [1.165, 1.54) is 6.20 Å². The van der Waals surface area contributed by atoms with Gasteiger partial charge in [-0.1, -0.05) is 0 Å². The Morgan fingerprint density at radius 2 is 2.00 bits per heavy atom. The van der Waals surface area contributed by atoms with E-state index in [0.717, 1.165) is 18.2 Å². The van der Waals surface area contributed by atoms with Crippen LogP contribution < -0.4 is 10.5 Å². The Hall–Kier alpha value is -2.90. The number of fused-ring (bicyclic) bond motifs is 1. The Labute approximate surface area is 124 Å². The number of rotatable bonds is 3. The van der Waals surface area contributed by atoms with Crippen molar-refractivity contribution in [2.24, 2.45) is 0 Å². The Morgan fingerprint density at radius 3 is 2.77 bits per heavy atom. The van der Waals surface area contributed by atoms with E-state index >= 15 is 0 Å². The van der Waals surface area contributed by atoms with Crippen LogP contribution in [0.2, 0.25) is 0 Å². The van der Waals surface area contributed by atoms with Crippen molar-refractivity contribution < 1.29 is 13.5 Å². The van der Waals surface area contributed by atoms with Crippen molar-refractivity contribution >= 4 is 17.1 Å². The van der Waals surface area contributed by atoms with Crippen molar-refractivity contribution in [3.63, 3.8) is 0 Å². The largest absolute Gasteiger partial charge is 0.476 e. The lowest BCUT2D eigenvalue weighted by molar-refractivity contribution is 0.330. The highest BCUT2D eigenvalue weighted by Crippen LogP contribution is 2.26. The number of aromatic nitrogens is 4. The topological polar surface area (TPSA) is 86.8 Å². The standard InChI is InChI=1S/C14H11F2N5O/c1-2-22-13-11-12(20-14(17)21-13)18-6-10(19-11)8-5-7(15)3-4-9(8)16/h3-6H,2H2,1H3,(H2,17,18,20,21). The number of hydrogen-bond donors (Lipinski definition) is 1. The molecule has 6 nitrogen and oxygen atoms in total. The highest BCUT2D eigenvalue weighted by molar-refractivity contribution is 5.79. The minimum atomic E-state index is -0.607. The average Bonchev–Trinajstić information content (AvgIpc) is 2.49. The Bertz CT molecular complexity index is 856. The first-order valence-electron chi connectivity index (χ1n) is 6.47. The van der Waals surface area contributed by atoms with Crippen molar-refractivity contribution in [1.82, 2.24) is 19.9 Å². The molecule has 2 aromatic heterocycles. The zero-order chi connectivity index (χ0) is 15.7. The zero-order valence-corrected chi connectivity index (χ0v) is 11.5. The summed E-state index contributed by atoms with van der Waals surface area (Å²) < 4.78 is 32.5. The maximum Gasteiger partial charge on any atom is 0.247 e. The van der Waals surface area contributed by atoms with Gasteiger partial charge < -0.3 is 10.5 Å². The van der Waals surface area contributed by atoms with E-state index in [2.05, 4.69) is 19.9 Å². The number of nitrogen functional groups attached to an aromatic ring is 1. The molecule has 0 aliphatic rings. The Balaban J connectivity index is 2.22. The van der Waals surface area contributed by atoms with Crippen LogP contribution in [0.5, 0.6) is 5.88 Å². The van der Waals surface area contributed by atoms with Crippen molar-refractivity contribution in [1.29, 1.82) is 0 Å². The summed E-state index contributed by atoms with van der Waals surface area (Å²) in [5, 5.41) is 0. The highest BCUT2D eigenvalue weighted by Gasteiger charge is 2.14. The van der Waals surface area contributed by atoms with Crippen molar-refractivity contribution in [2.45, 2.75) is 6.92 Å². The SMILES string of the molecule is CCOc1nc(N)nc2ncc(-c3cc(F)ccc3F)nc12. The predicted octanol–water partition coefficient (Wildman–Crippen LogP) is 2.35. The number of halogens is 2. The molecule has 22 heavy (non-hydrogen) atoms. The molecule has 0 spiro atoms. The molecule has 112 valence electrons. The molecule has 0 bridgehead atoms. The third kappa shape index (κ3) is 2.50. The van der Waals surface area contributed by atoms with E-state index < -0.39 is 11.6 Å². The second kappa shape index (κ2) is 5.47. The van der Waals surface area contributed by atoms with Crippen LogP contribution in [-0.4, -0.2) is 26.5 Å². The van der Waals surface area contributed by atoms with Crippen LogP contribution in [0.3, 0.4) is 0 Å². The summed E-state index contributed by atoms with van der Waals surface area (Å²) in [6.07, 6.45) is 1.29. The Morgan fingerprint density at radius 1 is 1.18 bits per heavy atom. The quantitative estimate of drug-likeness (QED) is 0.799. The molecule has 0 amide bonds. The van der Waals surface area contributed by atoms with Crippen LogP contribution in [0.15, 0.2) is 24.4 Å². The summed E-state index contributed by atoms with van der Waals surface area (Å²) in [4.78, 5) is 16.2. The second-order valence-corrected chi connectivity index (χ2v) is 4.37. The molecule has 3 aromatic rings. The summed E-state index contributed by atoms with van der Waals surface area (Å²) in [6, 6.07) is 3.10.